The van der Waals surface area contributed by atoms with Gasteiger partial charge in [0.05, 0.1) is 5.69 Å². The molecule has 0 aliphatic carbocycles. The van der Waals surface area contributed by atoms with Gasteiger partial charge in [0.1, 0.15) is 16.0 Å². The van der Waals surface area contributed by atoms with E-state index in [0.717, 1.165) is 5.01 Å². The molecule has 16 heavy (non-hydrogen) atoms. The van der Waals surface area contributed by atoms with Crippen molar-refractivity contribution in [3.8, 4) is 0 Å². The van der Waals surface area contributed by atoms with Crippen molar-refractivity contribution in [1.29, 1.82) is 0 Å². The third-order valence-electron chi connectivity index (χ3n) is 2.20. The normalized spacial score (nSPS) is 13.1. The topological polar surface area (TPSA) is 59.4 Å². The molecule has 0 fully saturated rings. The van der Waals surface area contributed by atoms with Gasteiger partial charge in [-0.25, -0.2) is 9.78 Å². The Morgan fingerprint density at radius 1 is 1.56 bits per heavy atom. The molecule has 0 aliphatic heterocycles. The highest BCUT2D eigenvalue weighted by Gasteiger charge is 2.23. The van der Waals surface area contributed by atoms with E-state index in [-0.39, 0.29) is 12.0 Å². The minimum absolute atomic E-state index is 0.109. The van der Waals surface area contributed by atoms with Crippen molar-refractivity contribution in [2.75, 3.05) is 6.61 Å². The van der Waals surface area contributed by atoms with Gasteiger partial charge in [-0.2, -0.15) is 0 Å². The standard InChI is InChI=1S/C11H17NO3S/c1-5-15-8(6(2)3)10-12-7(4)9(16-10)11(13)14/h6,8H,5H2,1-4H3,(H,13,14). The maximum atomic E-state index is 10.9. The van der Waals surface area contributed by atoms with Crippen molar-refractivity contribution in [1.82, 2.24) is 4.98 Å². The fourth-order valence-electron chi connectivity index (χ4n) is 1.47. The third kappa shape index (κ3) is 2.80. The van der Waals surface area contributed by atoms with Gasteiger partial charge in [-0.05, 0) is 19.8 Å². The number of carboxylic acid groups (broad SMARTS) is 1. The summed E-state index contributed by atoms with van der Waals surface area (Å²) in [4.78, 5) is 15.5. The van der Waals surface area contributed by atoms with Gasteiger partial charge >= 0.3 is 5.97 Å². The Kier molecular flexibility index (Phi) is 4.44. The van der Waals surface area contributed by atoms with E-state index in [9.17, 15) is 4.79 Å². The Labute approximate surface area is 99.3 Å². The first-order chi connectivity index (χ1) is 7.47. The van der Waals surface area contributed by atoms with E-state index < -0.39 is 5.97 Å². The highest BCUT2D eigenvalue weighted by Crippen LogP contribution is 2.31. The molecule has 1 heterocycles. The van der Waals surface area contributed by atoms with Gasteiger partial charge in [-0.1, -0.05) is 13.8 Å². The minimum Gasteiger partial charge on any atom is -0.477 e. The van der Waals surface area contributed by atoms with Crippen molar-refractivity contribution in [2.45, 2.75) is 33.8 Å². The smallest absolute Gasteiger partial charge is 0.347 e. The maximum Gasteiger partial charge on any atom is 0.347 e. The molecular weight excluding hydrogens is 226 g/mol. The lowest BCUT2D eigenvalue weighted by Gasteiger charge is -2.17. The first-order valence-corrected chi connectivity index (χ1v) is 6.11. The van der Waals surface area contributed by atoms with E-state index in [2.05, 4.69) is 4.98 Å². The second-order valence-corrected chi connectivity index (χ2v) is 4.92. The van der Waals surface area contributed by atoms with Crippen molar-refractivity contribution >= 4 is 17.3 Å². The fourth-order valence-corrected chi connectivity index (χ4v) is 2.59. The summed E-state index contributed by atoms with van der Waals surface area (Å²) in [5.41, 5.74) is 0.567. The minimum atomic E-state index is -0.916. The van der Waals surface area contributed by atoms with Crippen LogP contribution in [0.3, 0.4) is 0 Å². The Morgan fingerprint density at radius 2 is 2.19 bits per heavy atom. The second kappa shape index (κ2) is 5.41. The average molecular weight is 243 g/mol. The molecule has 1 N–H and O–H groups in total. The zero-order chi connectivity index (χ0) is 12.3. The number of aromatic carboxylic acids is 1. The first kappa shape index (κ1) is 13.1. The number of ether oxygens (including phenoxy) is 1. The van der Waals surface area contributed by atoms with Gasteiger partial charge in [0.2, 0.25) is 0 Å². The van der Waals surface area contributed by atoms with E-state index in [1.54, 1.807) is 6.92 Å². The predicted octanol–water partition coefficient (Wildman–Crippen LogP) is 2.88. The Balaban J connectivity index is 3.01. The SMILES string of the molecule is CCOC(c1nc(C)c(C(=O)O)s1)C(C)C. The van der Waals surface area contributed by atoms with Crippen LogP contribution in [0.25, 0.3) is 0 Å². The molecule has 0 aromatic carbocycles. The average Bonchev–Trinajstić information content (AvgIpc) is 2.56. The van der Waals surface area contributed by atoms with E-state index in [1.807, 2.05) is 20.8 Å². The largest absolute Gasteiger partial charge is 0.477 e. The van der Waals surface area contributed by atoms with E-state index in [1.165, 1.54) is 11.3 Å². The number of nitrogens with zero attached hydrogens (tertiary/aromatic N) is 1. The molecule has 1 atom stereocenters. The van der Waals surface area contributed by atoms with Gasteiger partial charge < -0.3 is 9.84 Å². The number of aromatic nitrogens is 1. The predicted molar refractivity (Wildman–Crippen MR) is 63.0 cm³/mol. The highest BCUT2D eigenvalue weighted by atomic mass is 32.1. The van der Waals surface area contributed by atoms with Crippen LogP contribution >= 0.6 is 11.3 Å². The van der Waals surface area contributed by atoms with Crippen molar-refractivity contribution in [3.05, 3.63) is 15.6 Å². The van der Waals surface area contributed by atoms with Crippen LogP contribution in [0.4, 0.5) is 0 Å². The molecular formula is C11H17NO3S. The Bertz CT molecular complexity index is 373. The van der Waals surface area contributed by atoms with Crippen LogP contribution in [-0.2, 0) is 4.74 Å². The lowest BCUT2D eigenvalue weighted by atomic mass is 10.1. The van der Waals surface area contributed by atoms with Gasteiger partial charge in [0.25, 0.3) is 0 Å². The molecule has 0 spiro atoms. The summed E-state index contributed by atoms with van der Waals surface area (Å²) in [5, 5.41) is 9.72. The lowest BCUT2D eigenvalue weighted by molar-refractivity contribution is 0.0292. The number of hydrogen-bond acceptors (Lipinski definition) is 4. The zero-order valence-corrected chi connectivity index (χ0v) is 10.8. The Hall–Kier alpha value is -0.940. The molecule has 0 saturated heterocycles. The summed E-state index contributed by atoms with van der Waals surface area (Å²) in [7, 11) is 0. The third-order valence-corrected chi connectivity index (χ3v) is 3.41. The monoisotopic (exact) mass is 243 g/mol. The van der Waals surface area contributed by atoms with Crippen LogP contribution in [0.5, 0.6) is 0 Å². The summed E-state index contributed by atoms with van der Waals surface area (Å²) < 4.78 is 5.59. The molecule has 4 nitrogen and oxygen atoms in total. The van der Waals surface area contributed by atoms with Gasteiger partial charge in [-0.3, -0.25) is 0 Å². The van der Waals surface area contributed by atoms with Crippen molar-refractivity contribution in [2.24, 2.45) is 5.92 Å². The molecule has 0 aliphatic rings. The Morgan fingerprint density at radius 3 is 2.56 bits per heavy atom. The van der Waals surface area contributed by atoms with Crippen LogP contribution in [0, 0.1) is 12.8 Å². The van der Waals surface area contributed by atoms with Crippen LogP contribution in [0.1, 0.15) is 47.2 Å². The molecule has 5 heteroatoms. The summed E-state index contributed by atoms with van der Waals surface area (Å²) in [6.45, 7) is 8.32. The molecule has 90 valence electrons. The van der Waals surface area contributed by atoms with Gasteiger partial charge in [0.15, 0.2) is 0 Å². The molecule has 1 aromatic heterocycles. The number of thiazole rings is 1. The number of carbonyl (C=O) groups is 1. The molecule has 1 rings (SSSR count). The molecule has 0 amide bonds. The van der Waals surface area contributed by atoms with Gasteiger partial charge in [-0.15, -0.1) is 11.3 Å². The maximum absolute atomic E-state index is 10.9. The van der Waals surface area contributed by atoms with Crippen LogP contribution in [-0.4, -0.2) is 22.7 Å². The first-order valence-electron chi connectivity index (χ1n) is 5.29. The van der Waals surface area contributed by atoms with Crippen LogP contribution in [0.15, 0.2) is 0 Å². The number of aryl methyl sites for hydroxylation is 1. The van der Waals surface area contributed by atoms with Crippen molar-refractivity contribution < 1.29 is 14.6 Å². The van der Waals surface area contributed by atoms with E-state index in [0.29, 0.717) is 17.2 Å². The summed E-state index contributed by atoms with van der Waals surface area (Å²) in [6, 6.07) is 0. The molecule has 1 aromatic rings. The molecule has 0 radical (unpaired) electrons. The number of carboxylic acids is 1. The summed E-state index contributed by atoms with van der Waals surface area (Å²) in [6.07, 6.45) is -0.109. The quantitative estimate of drug-likeness (QED) is 0.863. The number of hydrogen-bond donors (Lipinski definition) is 1. The molecule has 0 bridgehead atoms. The second-order valence-electron chi connectivity index (χ2n) is 3.89. The van der Waals surface area contributed by atoms with E-state index in [4.69, 9.17) is 9.84 Å². The van der Waals surface area contributed by atoms with E-state index >= 15 is 0 Å². The van der Waals surface area contributed by atoms with Crippen molar-refractivity contribution in [3.63, 3.8) is 0 Å². The highest BCUT2D eigenvalue weighted by molar-refractivity contribution is 7.13. The van der Waals surface area contributed by atoms with Crippen LogP contribution < -0.4 is 0 Å². The fraction of sp³-hybridized carbons (Fsp3) is 0.636. The molecule has 1 unspecified atom stereocenters. The summed E-state index contributed by atoms with van der Waals surface area (Å²) >= 11 is 1.21. The molecule has 0 saturated carbocycles. The summed E-state index contributed by atoms with van der Waals surface area (Å²) in [5.74, 6) is -0.632. The number of rotatable bonds is 5. The van der Waals surface area contributed by atoms with Gasteiger partial charge in [0, 0.05) is 6.61 Å². The van der Waals surface area contributed by atoms with Crippen LogP contribution in [0.2, 0.25) is 0 Å². The lowest BCUT2D eigenvalue weighted by Crippen LogP contribution is -2.10. The zero-order valence-electron chi connectivity index (χ0n) is 9.98.